The Labute approximate surface area is 98.2 Å². The summed E-state index contributed by atoms with van der Waals surface area (Å²) >= 11 is 1.42. The van der Waals surface area contributed by atoms with Gasteiger partial charge in [0.2, 0.25) is 0 Å². The van der Waals surface area contributed by atoms with Crippen molar-refractivity contribution in [3.8, 4) is 0 Å². The van der Waals surface area contributed by atoms with Crippen LogP contribution in [-0.4, -0.2) is 10.9 Å². The lowest BCUT2D eigenvalue weighted by atomic mass is 10.1. The van der Waals surface area contributed by atoms with Gasteiger partial charge >= 0.3 is 0 Å². The van der Waals surface area contributed by atoms with Gasteiger partial charge in [0.15, 0.2) is 0 Å². The number of thiazole rings is 1. The molecule has 0 aliphatic rings. The van der Waals surface area contributed by atoms with E-state index < -0.39 is 0 Å². The molecule has 1 amide bonds. The normalized spacial score (nSPS) is 10.1. The van der Waals surface area contributed by atoms with E-state index in [1.54, 1.807) is 10.9 Å². The third-order valence-electron chi connectivity index (χ3n) is 2.20. The molecule has 0 saturated carbocycles. The van der Waals surface area contributed by atoms with Crippen LogP contribution in [-0.2, 0) is 6.54 Å². The standard InChI is InChI=1S/C12H12N2OS/c1-9-3-2-4-10(5-9)6-13-12(15)11-7-16-8-14-11/h2-5,7-8H,6H2,1H3,(H,13,15). The third-order valence-corrected chi connectivity index (χ3v) is 2.79. The summed E-state index contributed by atoms with van der Waals surface area (Å²) < 4.78 is 0. The highest BCUT2D eigenvalue weighted by Crippen LogP contribution is 2.05. The highest BCUT2D eigenvalue weighted by Gasteiger charge is 2.06. The second-order valence-electron chi connectivity index (χ2n) is 3.55. The molecule has 1 aromatic heterocycles. The second-order valence-corrected chi connectivity index (χ2v) is 4.26. The van der Waals surface area contributed by atoms with E-state index in [1.807, 2.05) is 25.1 Å². The number of carbonyl (C=O) groups is 1. The monoisotopic (exact) mass is 232 g/mol. The minimum absolute atomic E-state index is 0.122. The Morgan fingerprint density at radius 2 is 2.38 bits per heavy atom. The summed E-state index contributed by atoms with van der Waals surface area (Å²) in [7, 11) is 0. The molecule has 0 fully saturated rings. The van der Waals surface area contributed by atoms with Crippen LogP contribution in [0.25, 0.3) is 0 Å². The van der Waals surface area contributed by atoms with Crippen molar-refractivity contribution in [2.24, 2.45) is 0 Å². The lowest BCUT2D eigenvalue weighted by Gasteiger charge is -2.04. The first kappa shape index (κ1) is 10.8. The van der Waals surface area contributed by atoms with Gasteiger partial charge in [0.1, 0.15) is 5.69 Å². The van der Waals surface area contributed by atoms with Crippen LogP contribution in [0.2, 0.25) is 0 Å². The number of aryl methyl sites for hydroxylation is 1. The zero-order valence-electron chi connectivity index (χ0n) is 8.93. The van der Waals surface area contributed by atoms with Gasteiger partial charge in [-0.1, -0.05) is 29.8 Å². The number of benzene rings is 1. The molecule has 0 unspecified atom stereocenters. The maximum Gasteiger partial charge on any atom is 0.271 e. The molecule has 1 aromatic carbocycles. The first-order valence-electron chi connectivity index (χ1n) is 4.97. The molecule has 16 heavy (non-hydrogen) atoms. The number of aromatic nitrogens is 1. The number of hydrogen-bond acceptors (Lipinski definition) is 3. The molecule has 0 aliphatic carbocycles. The molecule has 82 valence electrons. The van der Waals surface area contributed by atoms with Crippen molar-refractivity contribution in [2.75, 3.05) is 0 Å². The van der Waals surface area contributed by atoms with Crippen LogP contribution in [0, 0.1) is 6.92 Å². The maximum atomic E-state index is 11.6. The molecule has 0 saturated heterocycles. The molecule has 1 heterocycles. The molecule has 0 radical (unpaired) electrons. The third kappa shape index (κ3) is 2.67. The van der Waals surface area contributed by atoms with Crippen molar-refractivity contribution in [1.82, 2.24) is 10.3 Å². The zero-order chi connectivity index (χ0) is 11.4. The summed E-state index contributed by atoms with van der Waals surface area (Å²) in [5.74, 6) is -0.122. The van der Waals surface area contributed by atoms with E-state index in [0.29, 0.717) is 12.2 Å². The molecule has 0 aliphatic heterocycles. The van der Waals surface area contributed by atoms with Crippen LogP contribution in [0.4, 0.5) is 0 Å². The SMILES string of the molecule is Cc1cccc(CNC(=O)c2cscn2)c1. The first-order valence-corrected chi connectivity index (χ1v) is 5.92. The number of rotatable bonds is 3. The van der Waals surface area contributed by atoms with Crippen LogP contribution in [0.5, 0.6) is 0 Å². The van der Waals surface area contributed by atoms with Crippen molar-refractivity contribution in [2.45, 2.75) is 13.5 Å². The smallest absolute Gasteiger partial charge is 0.271 e. The molecular weight excluding hydrogens is 220 g/mol. The summed E-state index contributed by atoms with van der Waals surface area (Å²) in [4.78, 5) is 15.5. The van der Waals surface area contributed by atoms with Gasteiger partial charge in [0.25, 0.3) is 5.91 Å². The van der Waals surface area contributed by atoms with Crippen molar-refractivity contribution < 1.29 is 4.79 Å². The Morgan fingerprint density at radius 3 is 3.06 bits per heavy atom. The van der Waals surface area contributed by atoms with Crippen LogP contribution in [0.15, 0.2) is 35.2 Å². The molecule has 2 rings (SSSR count). The quantitative estimate of drug-likeness (QED) is 0.882. The fraction of sp³-hybridized carbons (Fsp3) is 0.167. The summed E-state index contributed by atoms with van der Waals surface area (Å²) in [5, 5.41) is 4.58. The van der Waals surface area contributed by atoms with E-state index in [2.05, 4.69) is 16.4 Å². The molecule has 0 atom stereocenters. The average molecular weight is 232 g/mol. The molecule has 0 spiro atoms. The van der Waals surface area contributed by atoms with E-state index in [4.69, 9.17) is 0 Å². The van der Waals surface area contributed by atoms with Gasteiger partial charge in [-0.25, -0.2) is 4.98 Å². The van der Waals surface area contributed by atoms with E-state index in [1.165, 1.54) is 16.9 Å². The Balaban J connectivity index is 1.95. The Morgan fingerprint density at radius 1 is 1.50 bits per heavy atom. The molecule has 0 bridgehead atoms. The van der Waals surface area contributed by atoms with E-state index in [9.17, 15) is 4.79 Å². The number of nitrogens with one attached hydrogen (secondary N) is 1. The van der Waals surface area contributed by atoms with Gasteiger partial charge in [-0.3, -0.25) is 4.79 Å². The number of amides is 1. The van der Waals surface area contributed by atoms with Gasteiger partial charge in [-0.15, -0.1) is 11.3 Å². The van der Waals surface area contributed by atoms with E-state index in [-0.39, 0.29) is 5.91 Å². The van der Waals surface area contributed by atoms with E-state index in [0.717, 1.165) is 5.56 Å². The molecular formula is C12H12N2OS. The van der Waals surface area contributed by atoms with Crippen molar-refractivity contribution in [3.05, 3.63) is 52.0 Å². The van der Waals surface area contributed by atoms with Crippen LogP contribution >= 0.6 is 11.3 Å². The summed E-state index contributed by atoms with van der Waals surface area (Å²) in [6.45, 7) is 2.57. The summed E-state index contributed by atoms with van der Waals surface area (Å²) in [6.07, 6.45) is 0. The fourth-order valence-electron chi connectivity index (χ4n) is 1.42. The molecule has 3 nitrogen and oxygen atoms in total. The largest absolute Gasteiger partial charge is 0.347 e. The van der Waals surface area contributed by atoms with Gasteiger partial charge in [0, 0.05) is 11.9 Å². The van der Waals surface area contributed by atoms with Crippen LogP contribution in [0.3, 0.4) is 0 Å². The highest BCUT2D eigenvalue weighted by atomic mass is 32.1. The average Bonchev–Trinajstić information content (AvgIpc) is 2.79. The fourth-order valence-corrected chi connectivity index (χ4v) is 1.95. The van der Waals surface area contributed by atoms with Crippen molar-refractivity contribution in [1.29, 1.82) is 0 Å². The van der Waals surface area contributed by atoms with Gasteiger partial charge in [-0.05, 0) is 12.5 Å². The Kier molecular flexibility index (Phi) is 3.31. The van der Waals surface area contributed by atoms with Crippen LogP contribution < -0.4 is 5.32 Å². The van der Waals surface area contributed by atoms with Crippen molar-refractivity contribution in [3.63, 3.8) is 0 Å². The number of carbonyl (C=O) groups excluding carboxylic acids is 1. The Bertz CT molecular complexity index is 480. The second kappa shape index (κ2) is 4.90. The predicted octanol–water partition coefficient (Wildman–Crippen LogP) is 2.38. The summed E-state index contributed by atoms with van der Waals surface area (Å²) in [5.41, 5.74) is 4.43. The maximum absolute atomic E-state index is 11.6. The minimum atomic E-state index is -0.122. The van der Waals surface area contributed by atoms with E-state index >= 15 is 0 Å². The van der Waals surface area contributed by atoms with Crippen LogP contribution in [0.1, 0.15) is 21.6 Å². The number of nitrogens with zero attached hydrogens (tertiary/aromatic N) is 1. The lowest BCUT2D eigenvalue weighted by Crippen LogP contribution is -2.22. The highest BCUT2D eigenvalue weighted by molar-refractivity contribution is 7.07. The Hall–Kier alpha value is -1.68. The molecule has 2 aromatic rings. The number of hydrogen-bond donors (Lipinski definition) is 1. The minimum Gasteiger partial charge on any atom is -0.347 e. The molecule has 1 N–H and O–H groups in total. The van der Waals surface area contributed by atoms with Gasteiger partial charge in [-0.2, -0.15) is 0 Å². The van der Waals surface area contributed by atoms with Gasteiger partial charge < -0.3 is 5.32 Å². The van der Waals surface area contributed by atoms with Gasteiger partial charge in [0.05, 0.1) is 5.51 Å². The predicted molar refractivity (Wildman–Crippen MR) is 64.5 cm³/mol. The topological polar surface area (TPSA) is 42.0 Å². The first-order chi connectivity index (χ1) is 7.75. The zero-order valence-corrected chi connectivity index (χ0v) is 9.75. The summed E-state index contributed by atoms with van der Waals surface area (Å²) in [6, 6.07) is 8.07. The van der Waals surface area contributed by atoms with Crippen molar-refractivity contribution >= 4 is 17.2 Å². The molecule has 4 heteroatoms. The lowest BCUT2D eigenvalue weighted by molar-refractivity contribution is 0.0946.